The summed E-state index contributed by atoms with van der Waals surface area (Å²) in [6.07, 6.45) is 1.74. The Balaban J connectivity index is 1.33. The molecule has 0 aliphatic carbocycles. The van der Waals surface area contributed by atoms with Gasteiger partial charge >= 0.3 is 6.03 Å². The van der Waals surface area contributed by atoms with Crippen LogP contribution in [0, 0.1) is 0 Å². The summed E-state index contributed by atoms with van der Waals surface area (Å²) in [6, 6.07) is 18.4. The number of hydrogen-bond donors (Lipinski definition) is 2. The molecule has 0 fully saturated rings. The van der Waals surface area contributed by atoms with Crippen molar-refractivity contribution >= 4 is 22.8 Å². The number of urea groups is 1. The first-order valence-electron chi connectivity index (χ1n) is 10.4. The van der Waals surface area contributed by atoms with Crippen molar-refractivity contribution in [3.63, 3.8) is 0 Å². The lowest BCUT2D eigenvalue weighted by atomic mass is 9.97. The third-order valence-corrected chi connectivity index (χ3v) is 4.75. The summed E-state index contributed by atoms with van der Waals surface area (Å²) >= 11 is 0. The maximum atomic E-state index is 12.4. The van der Waals surface area contributed by atoms with Crippen LogP contribution >= 0.6 is 0 Å². The second-order valence-electron chi connectivity index (χ2n) is 8.52. The van der Waals surface area contributed by atoms with E-state index in [1.54, 1.807) is 18.3 Å². The second kappa shape index (κ2) is 9.09. The van der Waals surface area contributed by atoms with Crippen molar-refractivity contribution < 1.29 is 13.9 Å². The molecule has 4 rings (SSSR count). The molecule has 2 aromatic carbocycles. The first-order chi connectivity index (χ1) is 15.4. The van der Waals surface area contributed by atoms with Gasteiger partial charge in [-0.1, -0.05) is 39.0 Å². The number of aromatic nitrogens is 2. The lowest BCUT2D eigenvalue weighted by Gasteiger charge is -2.11. The van der Waals surface area contributed by atoms with Crippen LogP contribution in [0.3, 0.4) is 0 Å². The molecule has 0 bridgehead atoms. The van der Waals surface area contributed by atoms with Crippen molar-refractivity contribution in [3.05, 3.63) is 84.0 Å². The molecule has 0 aliphatic rings. The van der Waals surface area contributed by atoms with Gasteiger partial charge in [0.15, 0.2) is 5.58 Å². The van der Waals surface area contributed by atoms with Crippen molar-refractivity contribution in [1.82, 2.24) is 15.3 Å². The van der Waals surface area contributed by atoms with E-state index in [1.807, 2.05) is 69.3 Å². The molecule has 2 N–H and O–H groups in total. The van der Waals surface area contributed by atoms with Crippen LogP contribution < -0.4 is 15.4 Å². The van der Waals surface area contributed by atoms with Gasteiger partial charge < -0.3 is 19.8 Å². The Kier molecular flexibility index (Phi) is 6.07. The van der Waals surface area contributed by atoms with E-state index >= 15 is 0 Å². The van der Waals surface area contributed by atoms with Crippen LogP contribution in [0.15, 0.2) is 71.3 Å². The highest BCUT2D eigenvalue weighted by molar-refractivity contribution is 5.91. The summed E-state index contributed by atoms with van der Waals surface area (Å²) in [6.45, 7) is 6.89. The number of pyridine rings is 1. The molecule has 7 heteroatoms. The first-order valence-corrected chi connectivity index (χ1v) is 10.4. The zero-order valence-electron chi connectivity index (χ0n) is 18.4. The van der Waals surface area contributed by atoms with Crippen LogP contribution in [0.4, 0.5) is 10.5 Å². The van der Waals surface area contributed by atoms with Gasteiger partial charge in [0.05, 0.1) is 5.69 Å². The predicted octanol–water partition coefficient (Wildman–Crippen LogP) is 5.42. The van der Waals surface area contributed by atoms with E-state index < -0.39 is 0 Å². The fourth-order valence-corrected chi connectivity index (χ4v) is 3.07. The number of carbonyl (C=O) groups is 1. The molecular formula is C25H26N4O3. The van der Waals surface area contributed by atoms with E-state index in [-0.39, 0.29) is 11.4 Å². The minimum atomic E-state index is -0.302. The van der Waals surface area contributed by atoms with Gasteiger partial charge in [-0.2, -0.15) is 0 Å². The van der Waals surface area contributed by atoms with E-state index in [4.69, 9.17) is 9.15 Å². The van der Waals surface area contributed by atoms with Crippen molar-refractivity contribution in [2.24, 2.45) is 0 Å². The lowest BCUT2D eigenvalue weighted by Crippen LogP contribution is -2.28. The highest BCUT2D eigenvalue weighted by Gasteiger charge is 2.21. The quantitative estimate of drug-likeness (QED) is 0.426. The highest BCUT2D eigenvalue weighted by Crippen LogP contribution is 2.27. The Morgan fingerprint density at radius 2 is 1.94 bits per heavy atom. The van der Waals surface area contributed by atoms with Crippen LogP contribution in [0.5, 0.6) is 5.75 Å². The Morgan fingerprint density at radius 1 is 1.06 bits per heavy atom. The van der Waals surface area contributed by atoms with Crippen LogP contribution in [0.2, 0.25) is 0 Å². The SMILES string of the molecule is CC(C)(C)c1nc2cc(NC(=O)NCc3cccc(OCc4ccccn4)c3)ccc2o1. The van der Waals surface area contributed by atoms with Crippen LogP contribution in [-0.2, 0) is 18.6 Å². The molecule has 164 valence electrons. The zero-order valence-corrected chi connectivity index (χ0v) is 18.4. The summed E-state index contributed by atoms with van der Waals surface area (Å²) in [5.41, 5.74) is 3.67. The number of nitrogens with one attached hydrogen (secondary N) is 2. The average Bonchev–Trinajstić information content (AvgIpc) is 3.21. The van der Waals surface area contributed by atoms with Crippen molar-refractivity contribution in [2.75, 3.05) is 5.32 Å². The number of nitrogens with zero attached hydrogens (tertiary/aromatic N) is 2. The molecule has 4 aromatic rings. The Morgan fingerprint density at radius 3 is 2.72 bits per heavy atom. The van der Waals surface area contributed by atoms with E-state index in [2.05, 4.69) is 20.6 Å². The van der Waals surface area contributed by atoms with E-state index in [1.165, 1.54) is 0 Å². The topological polar surface area (TPSA) is 89.3 Å². The molecule has 0 aliphatic heterocycles. The van der Waals surface area contributed by atoms with Crippen LogP contribution in [0.1, 0.15) is 37.9 Å². The van der Waals surface area contributed by atoms with Gasteiger partial charge in [0, 0.05) is 23.8 Å². The van der Waals surface area contributed by atoms with Gasteiger partial charge in [0.25, 0.3) is 0 Å². The standard InChI is InChI=1S/C25H26N4O3/c1-25(2,3)23-29-21-14-18(10-11-22(21)32-23)28-24(30)27-15-17-7-6-9-20(13-17)31-16-19-8-4-5-12-26-19/h4-14H,15-16H2,1-3H3,(H2,27,28,30). The molecule has 0 saturated carbocycles. The number of oxazole rings is 1. The van der Waals surface area contributed by atoms with E-state index in [0.717, 1.165) is 17.0 Å². The van der Waals surface area contributed by atoms with Gasteiger partial charge in [-0.25, -0.2) is 9.78 Å². The maximum Gasteiger partial charge on any atom is 0.319 e. The molecule has 0 unspecified atom stereocenters. The maximum absolute atomic E-state index is 12.4. The number of fused-ring (bicyclic) bond motifs is 1. The number of carbonyl (C=O) groups excluding carboxylic acids is 1. The van der Waals surface area contributed by atoms with Crippen molar-refractivity contribution in [1.29, 1.82) is 0 Å². The third kappa shape index (κ3) is 5.43. The summed E-state index contributed by atoms with van der Waals surface area (Å²) in [5.74, 6) is 1.39. The molecule has 7 nitrogen and oxygen atoms in total. The molecule has 32 heavy (non-hydrogen) atoms. The molecule has 2 aromatic heterocycles. The second-order valence-corrected chi connectivity index (χ2v) is 8.52. The minimum Gasteiger partial charge on any atom is -0.487 e. The van der Waals surface area contributed by atoms with Crippen molar-refractivity contribution in [3.8, 4) is 5.75 Å². The summed E-state index contributed by atoms with van der Waals surface area (Å²) in [5, 5.41) is 5.71. The number of benzene rings is 2. The molecule has 2 amide bonds. The zero-order chi connectivity index (χ0) is 22.6. The fraction of sp³-hybridized carbons (Fsp3) is 0.240. The van der Waals surface area contributed by atoms with Gasteiger partial charge in [-0.15, -0.1) is 0 Å². The highest BCUT2D eigenvalue weighted by atomic mass is 16.5. The number of amides is 2. The lowest BCUT2D eigenvalue weighted by molar-refractivity contribution is 0.251. The average molecular weight is 431 g/mol. The third-order valence-electron chi connectivity index (χ3n) is 4.75. The molecular weight excluding hydrogens is 404 g/mol. The Labute approximate surface area is 186 Å². The smallest absolute Gasteiger partial charge is 0.319 e. The normalized spacial score (nSPS) is 11.3. The summed E-state index contributed by atoms with van der Waals surface area (Å²) in [4.78, 5) is 21.2. The molecule has 0 spiro atoms. The summed E-state index contributed by atoms with van der Waals surface area (Å²) in [7, 11) is 0. The minimum absolute atomic E-state index is 0.181. The Hall–Kier alpha value is -3.87. The van der Waals surface area contributed by atoms with Gasteiger partial charge in [-0.3, -0.25) is 4.98 Å². The number of hydrogen-bond acceptors (Lipinski definition) is 5. The van der Waals surface area contributed by atoms with Gasteiger partial charge in [-0.05, 0) is 48.0 Å². The predicted molar refractivity (Wildman–Crippen MR) is 124 cm³/mol. The van der Waals surface area contributed by atoms with Crippen LogP contribution in [0.25, 0.3) is 11.1 Å². The molecule has 0 atom stereocenters. The number of ether oxygens (including phenoxy) is 1. The molecule has 0 saturated heterocycles. The van der Waals surface area contributed by atoms with Crippen LogP contribution in [-0.4, -0.2) is 16.0 Å². The largest absolute Gasteiger partial charge is 0.487 e. The summed E-state index contributed by atoms with van der Waals surface area (Å²) < 4.78 is 11.6. The first kappa shape index (κ1) is 21.4. The monoisotopic (exact) mass is 430 g/mol. The number of rotatable bonds is 6. The van der Waals surface area contributed by atoms with E-state index in [0.29, 0.717) is 35.8 Å². The molecule has 2 heterocycles. The number of anilines is 1. The van der Waals surface area contributed by atoms with Gasteiger partial charge in [0.2, 0.25) is 5.89 Å². The Bertz CT molecular complexity index is 1210. The van der Waals surface area contributed by atoms with E-state index in [9.17, 15) is 4.79 Å². The molecule has 0 radical (unpaired) electrons. The fourth-order valence-electron chi connectivity index (χ4n) is 3.07. The van der Waals surface area contributed by atoms with Crippen molar-refractivity contribution in [2.45, 2.75) is 39.3 Å². The van der Waals surface area contributed by atoms with Gasteiger partial charge in [0.1, 0.15) is 17.9 Å².